The van der Waals surface area contributed by atoms with Crippen molar-refractivity contribution in [2.75, 3.05) is 19.6 Å². The summed E-state index contributed by atoms with van der Waals surface area (Å²) < 4.78 is 0. The quantitative estimate of drug-likeness (QED) is 0.816. The van der Waals surface area contributed by atoms with Gasteiger partial charge >= 0.3 is 0 Å². The molecule has 0 amide bonds. The largest absolute Gasteiger partial charge is 0.317 e. The number of nitrogens with one attached hydrogen (secondary N) is 2. The molecule has 2 aliphatic rings. The maximum atomic E-state index is 3.84. The van der Waals surface area contributed by atoms with Gasteiger partial charge in [0.15, 0.2) is 0 Å². The summed E-state index contributed by atoms with van der Waals surface area (Å²) >= 11 is 0. The SMILES string of the molecule is CC1CCCC(NCC2CCNCC2)C1C.Cl. The zero-order valence-electron chi connectivity index (χ0n) is 11.4. The first-order valence-corrected chi connectivity index (χ1v) is 7.21. The topological polar surface area (TPSA) is 24.1 Å². The van der Waals surface area contributed by atoms with Crippen LogP contribution in [0.25, 0.3) is 0 Å². The third-order valence-corrected chi connectivity index (χ3v) is 4.83. The highest BCUT2D eigenvalue weighted by atomic mass is 35.5. The highest BCUT2D eigenvalue weighted by molar-refractivity contribution is 5.85. The molecule has 0 aromatic heterocycles. The first kappa shape index (κ1) is 15.3. The fourth-order valence-corrected chi connectivity index (χ4v) is 3.27. The normalized spacial score (nSPS) is 35.3. The van der Waals surface area contributed by atoms with E-state index in [0.29, 0.717) is 0 Å². The zero-order chi connectivity index (χ0) is 11.4. The van der Waals surface area contributed by atoms with Gasteiger partial charge in [-0.3, -0.25) is 0 Å². The van der Waals surface area contributed by atoms with Crippen LogP contribution in [0.15, 0.2) is 0 Å². The predicted octanol–water partition coefficient (Wildman–Crippen LogP) is 2.82. The third kappa shape index (κ3) is 4.42. The lowest BCUT2D eigenvalue weighted by molar-refractivity contribution is 0.196. The maximum absolute atomic E-state index is 3.84. The van der Waals surface area contributed by atoms with Gasteiger partial charge in [-0.1, -0.05) is 26.7 Å². The molecule has 0 bridgehead atoms. The smallest absolute Gasteiger partial charge is 0.00953 e. The van der Waals surface area contributed by atoms with Crippen molar-refractivity contribution >= 4 is 12.4 Å². The summed E-state index contributed by atoms with van der Waals surface area (Å²) in [6.07, 6.45) is 6.99. The number of hydrogen-bond acceptors (Lipinski definition) is 2. The monoisotopic (exact) mass is 260 g/mol. The summed E-state index contributed by atoms with van der Waals surface area (Å²) in [5, 5.41) is 7.28. The van der Waals surface area contributed by atoms with Crippen molar-refractivity contribution in [1.29, 1.82) is 0 Å². The lowest BCUT2D eigenvalue weighted by Gasteiger charge is -2.36. The van der Waals surface area contributed by atoms with Gasteiger partial charge in [0.05, 0.1) is 0 Å². The van der Waals surface area contributed by atoms with Crippen LogP contribution in [-0.2, 0) is 0 Å². The molecule has 1 heterocycles. The molecule has 0 aromatic rings. The Morgan fingerprint density at radius 1 is 1.06 bits per heavy atom. The number of hydrogen-bond donors (Lipinski definition) is 2. The number of piperidine rings is 1. The van der Waals surface area contributed by atoms with Crippen molar-refractivity contribution in [2.24, 2.45) is 17.8 Å². The molecule has 3 heteroatoms. The molecule has 2 fully saturated rings. The van der Waals surface area contributed by atoms with Crippen LogP contribution in [0.1, 0.15) is 46.0 Å². The van der Waals surface area contributed by atoms with E-state index < -0.39 is 0 Å². The van der Waals surface area contributed by atoms with Gasteiger partial charge in [0.25, 0.3) is 0 Å². The second kappa shape index (κ2) is 7.60. The lowest BCUT2D eigenvalue weighted by atomic mass is 9.78. The molecule has 2 nitrogen and oxygen atoms in total. The van der Waals surface area contributed by atoms with E-state index in [1.54, 1.807) is 0 Å². The first-order valence-electron chi connectivity index (χ1n) is 7.21. The van der Waals surface area contributed by atoms with Crippen LogP contribution < -0.4 is 10.6 Å². The van der Waals surface area contributed by atoms with Crippen LogP contribution in [-0.4, -0.2) is 25.7 Å². The van der Waals surface area contributed by atoms with Gasteiger partial charge in [0.1, 0.15) is 0 Å². The molecule has 0 aromatic carbocycles. The van der Waals surface area contributed by atoms with Gasteiger partial charge in [-0.05, 0) is 56.7 Å². The molecule has 1 aliphatic carbocycles. The van der Waals surface area contributed by atoms with Gasteiger partial charge in [-0.25, -0.2) is 0 Å². The Bertz CT molecular complexity index is 204. The Morgan fingerprint density at radius 3 is 2.47 bits per heavy atom. The fourth-order valence-electron chi connectivity index (χ4n) is 3.27. The average molecular weight is 261 g/mol. The van der Waals surface area contributed by atoms with Crippen LogP contribution in [0.5, 0.6) is 0 Å². The molecule has 1 saturated carbocycles. The fraction of sp³-hybridized carbons (Fsp3) is 1.00. The molecular formula is C14H29ClN2. The highest BCUT2D eigenvalue weighted by Crippen LogP contribution is 2.29. The molecular weight excluding hydrogens is 232 g/mol. The Kier molecular flexibility index (Phi) is 6.83. The van der Waals surface area contributed by atoms with Crippen LogP contribution in [0.2, 0.25) is 0 Å². The summed E-state index contributed by atoms with van der Waals surface area (Å²) in [6.45, 7) is 8.56. The zero-order valence-corrected chi connectivity index (χ0v) is 12.2. The van der Waals surface area contributed by atoms with Crippen LogP contribution in [0, 0.1) is 17.8 Å². The number of halogens is 1. The second-order valence-electron chi connectivity index (χ2n) is 5.98. The van der Waals surface area contributed by atoms with E-state index in [1.807, 2.05) is 0 Å². The Labute approximate surface area is 113 Å². The van der Waals surface area contributed by atoms with Crippen molar-refractivity contribution < 1.29 is 0 Å². The minimum atomic E-state index is 0. The number of rotatable bonds is 3. The first-order chi connectivity index (χ1) is 7.77. The van der Waals surface area contributed by atoms with Crippen LogP contribution >= 0.6 is 12.4 Å². The van der Waals surface area contributed by atoms with Crippen molar-refractivity contribution in [3.8, 4) is 0 Å². The molecule has 0 spiro atoms. The maximum Gasteiger partial charge on any atom is 0.00953 e. The Hall–Kier alpha value is 0.210. The molecule has 0 radical (unpaired) electrons. The van der Waals surface area contributed by atoms with E-state index in [4.69, 9.17) is 0 Å². The molecule has 2 N–H and O–H groups in total. The summed E-state index contributed by atoms with van der Waals surface area (Å²) in [5.74, 6) is 2.71. The van der Waals surface area contributed by atoms with E-state index >= 15 is 0 Å². The van der Waals surface area contributed by atoms with E-state index in [0.717, 1.165) is 23.8 Å². The molecule has 1 aliphatic heterocycles. The van der Waals surface area contributed by atoms with E-state index in [2.05, 4.69) is 24.5 Å². The Morgan fingerprint density at radius 2 is 1.76 bits per heavy atom. The van der Waals surface area contributed by atoms with Crippen LogP contribution in [0.4, 0.5) is 0 Å². The van der Waals surface area contributed by atoms with Crippen molar-refractivity contribution in [1.82, 2.24) is 10.6 Å². The van der Waals surface area contributed by atoms with Crippen LogP contribution in [0.3, 0.4) is 0 Å². The van der Waals surface area contributed by atoms with Gasteiger partial charge < -0.3 is 10.6 Å². The van der Waals surface area contributed by atoms with Crippen molar-refractivity contribution in [3.05, 3.63) is 0 Å². The molecule has 1 saturated heterocycles. The van der Waals surface area contributed by atoms with Gasteiger partial charge in [0.2, 0.25) is 0 Å². The van der Waals surface area contributed by atoms with Gasteiger partial charge in [0, 0.05) is 6.04 Å². The standard InChI is InChI=1S/C14H28N2.ClH/c1-11-4-3-5-14(12(11)2)16-10-13-6-8-15-9-7-13;/h11-16H,3-10H2,1-2H3;1H. The molecule has 17 heavy (non-hydrogen) atoms. The van der Waals surface area contributed by atoms with Gasteiger partial charge in [-0.2, -0.15) is 0 Å². The summed E-state index contributed by atoms with van der Waals surface area (Å²) in [6, 6.07) is 0.790. The molecule has 3 unspecified atom stereocenters. The van der Waals surface area contributed by atoms with E-state index in [-0.39, 0.29) is 12.4 Å². The predicted molar refractivity (Wildman–Crippen MR) is 76.8 cm³/mol. The second-order valence-corrected chi connectivity index (χ2v) is 5.98. The van der Waals surface area contributed by atoms with Gasteiger partial charge in [-0.15, -0.1) is 12.4 Å². The summed E-state index contributed by atoms with van der Waals surface area (Å²) in [5.41, 5.74) is 0. The summed E-state index contributed by atoms with van der Waals surface area (Å²) in [7, 11) is 0. The van der Waals surface area contributed by atoms with E-state index in [1.165, 1.54) is 51.7 Å². The van der Waals surface area contributed by atoms with E-state index in [9.17, 15) is 0 Å². The molecule has 3 atom stereocenters. The average Bonchev–Trinajstić information content (AvgIpc) is 2.32. The minimum absolute atomic E-state index is 0. The third-order valence-electron chi connectivity index (χ3n) is 4.83. The Balaban J connectivity index is 0.00000144. The minimum Gasteiger partial charge on any atom is -0.317 e. The lowest BCUT2D eigenvalue weighted by Crippen LogP contribution is -2.44. The highest BCUT2D eigenvalue weighted by Gasteiger charge is 2.27. The summed E-state index contributed by atoms with van der Waals surface area (Å²) in [4.78, 5) is 0. The van der Waals surface area contributed by atoms with Crippen molar-refractivity contribution in [3.63, 3.8) is 0 Å². The molecule has 102 valence electrons. The molecule has 2 rings (SSSR count). The van der Waals surface area contributed by atoms with Crippen molar-refractivity contribution in [2.45, 2.75) is 52.0 Å².